The molecule has 146 valence electrons. The third kappa shape index (κ3) is 3.56. The lowest BCUT2D eigenvalue weighted by molar-refractivity contribution is 0.590. The summed E-state index contributed by atoms with van der Waals surface area (Å²) < 4.78 is 41.5. The molecule has 1 aromatic carbocycles. The molecule has 2 heterocycles. The van der Waals surface area contributed by atoms with Crippen LogP contribution < -0.4 is 5.73 Å². The third-order valence-corrected chi connectivity index (χ3v) is 6.29. The van der Waals surface area contributed by atoms with E-state index in [2.05, 4.69) is 10.1 Å². The van der Waals surface area contributed by atoms with Gasteiger partial charge in [-0.25, -0.2) is 22.3 Å². The Hall–Kier alpha value is -2.03. The number of hydrogen-bond donors (Lipinski definition) is 1. The van der Waals surface area contributed by atoms with Gasteiger partial charge in [0.1, 0.15) is 10.7 Å². The van der Waals surface area contributed by atoms with E-state index in [0.29, 0.717) is 25.1 Å². The molecule has 0 fully saturated rings. The Labute approximate surface area is 163 Å². The molecule has 0 saturated carbocycles. The first-order valence-electron chi connectivity index (χ1n) is 8.39. The van der Waals surface area contributed by atoms with Crippen molar-refractivity contribution in [1.82, 2.24) is 14.6 Å². The number of fused-ring (bicyclic) bond motifs is 1. The highest BCUT2D eigenvalue weighted by atomic mass is 35.5. The van der Waals surface area contributed by atoms with E-state index in [4.69, 9.17) is 5.73 Å². The van der Waals surface area contributed by atoms with E-state index in [1.165, 1.54) is 18.2 Å². The van der Waals surface area contributed by atoms with E-state index in [1.807, 2.05) is 20.8 Å². The summed E-state index contributed by atoms with van der Waals surface area (Å²) in [5.41, 5.74) is 8.84. The van der Waals surface area contributed by atoms with Crippen LogP contribution >= 0.6 is 12.4 Å². The number of nitrogens with zero attached hydrogens (tertiary/aromatic N) is 3. The molecule has 0 aliphatic heterocycles. The van der Waals surface area contributed by atoms with Gasteiger partial charge in [-0.15, -0.1) is 12.4 Å². The minimum absolute atomic E-state index is 0. The molecule has 6 nitrogen and oxygen atoms in total. The Morgan fingerprint density at radius 2 is 1.96 bits per heavy atom. The van der Waals surface area contributed by atoms with Crippen LogP contribution in [0.2, 0.25) is 0 Å². The Bertz CT molecular complexity index is 1100. The van der Waals surface area contributed by atoms with Crippen LogP contribution in [0.25, 0.3) is 5.65 Å². The van der Waals surface area contributed by atoms with Crippen molar-refractivity contribution >= 4 is 27.9 Å². The number of aromatic nitrogens is 3. The van der Waals surface area contributed by atoms with Gasteiger partial charge in [0.25, 0.3) is 0 Å². The van der Waals surface area contributed by atoms with Gasteiger partial charge in [-0.2, -0.15) is 5.10 Å². The largest absolute Gasteiger partial charge is 0.330 e. The molecule has 0 bridgehead atoms. The molecule has 9 heteroatoms. The van der Waals surface area contributed by atoms with Crippen molar-refractivity contribution in [2.45, 2.75) is 43.4 Å². The molecule has 27 heavy (non-hydrogen) atoms. The van der Waals surface area contributed by atoms with Gasteiger partial charge in [-0.05, 0) is 57.0 Å². The molecule has 2 aromatic heterocycles. The zero-order valence-electron chi connectivity index (χ0n) is 15.4. The fraction of sp³-hybridized carbons (Fsp3) is 0.333. The number of nitrogens with two attached hydrogens (primary N) is 1. The van der Waals surface area contributed by atoms with Crippen LogP contribution in [0.5, 0.6) is 0 Å². The average Bonchev–Trinajstić information content (AvgIpc) is 2.98. The fourth-order valence-electron chi connectivity index (χ4n) is 3.15. The molecule has 0 spiro atoms. The highest BCUT2D eigenvalue weighted by molar-refractivity contribution is 7.91. The van der Waals surface area contributed by atoms with Crippen molar-refractivity contribution < 1.29 is 12.8 Å². The summed E-state index contributed by atoms with van der Waals surface area (Å²) in [6, 6.07) is 4.98. The molecular formula is C18H22ClFN4O2S. The number of benzene rings is 1. The van der Waals surface area contributed by atoms with Crippen molar-refractivity contribution in [3.05, 3.63) is 52.7 Å². The quantitative estimate of drug-likeness (QED) is 0.695. The summed E-state index contributed by atoms with van der Waals surface area (Å²) in [7, 11) is -3.96. The number of sulfone groups is 1. The normalized spacial score (nSPS) is 11.6. The van der Waals surface area contributed by atoms with Gasteiger partial charge in [0.2, 0.25) is 9.84 Å². The molecule has 0 aliphatic carbocycles. The van der Waals surface area contributed by atoms with Gasteiger partial charge < -0.3 is 5.73 Å². The van der Waals surface area contributed by atoms with E-state index in [9.17, 15) is 12.8 Å². The smallest absolute Gasteiger partial charge is 0.212 e. The van der Waals surface area contributed by atoms with Gasteiger partial charge in [0.05, 0.1) is 10.6 Å². The van der Waals surface area contributed by atoms with Gasteiger partial charge in [0.15, 0.2) is 5.65 Å². The highest BCUT2D eigenvalue weighted by Gasteiger charge is 2.29. The van der Waals surface area contributed by atoms with Crippen LogP contribution in [0.1, 0.15) is 29.6 Å². The van der Waals surface area contributed by atoms with Crippen LogP contribution in [0.3, 0.4) is 0 Å². The summed E-state index contributed by atoms with van der Waals surface area (Å²) in [4.78, 5) is 4.44. The molecule has 0 radical (unpaired) electrons. The first-order valence-corrected chi connectivity index (χ1v) is 9.88. The molecule has 0 unspecified atom stereocenters. The minimum atomic E-state index is -3.96. The van der Waals surface area contributed by atoms with E-state index < -0.39 is 15.7 Å². The van der Waals surface area contributed by atoms with Gasteiger partial charge >= 0.3 is 0 Å². The van der Waals surface area contributed by atoms with E-state index in [0.717, 1.165) is 23.0 Å². The van der Waals surface area contributed by atoms with Crippen LogP contribution in [0.15, 0.2) is 34.1 Å². The second kappa shape index (κ2) is 7.92. The standard InChI is InChI=1S/C18H21FN4O2S.ClH/c1-4-16-17(26(24,25)14-7-5-6-13(19)10-14)18-21-11(2)15(8-9-20)12(3)23(18)22-16;/h5-7,10H,4,8-9,20H2,1-3H3;1H. The van der Waals surface area contributed by atoms with Crippen molar-refractivity contribution in [1.29, 1.82) is 0 Å². The zero-order valence-corrected chi connectivity index (χ0v) is 17.0. The van der Waals surface area contributed by atoms with Gasteiger partial charge in [0, 0.05) is 11.4 Å². The van der Waals surface area contributed by atoms with Crippen LogP contribution in [-0.4, -0.2) is 29.6 Å². The van der Waals surface area contributed by atoms with Crippen LogP contribution in [0, 0.1) is 19.7 Å². The summed E-state index contributed by atoms with van der Waals surface area (Å²) in [6.07, 6.45) is 1.05. The molecule has 2 N–H and O–H groups in total. The number of hydrogen-bond acceptors (Lipinski definition) is 5. The van der Waals surface area contributed by atoms with Crippen LogP contribution in [-0.2, 0) is 22.7 Å². The molecule has 0 saturated heterocycles. The van der Waals surface area contributed by atoms with Gasteiger partial charge in [-0.3, -0.25) is 0 Å². The number of halogens is 2. The highest BCUT2D eigenvalue weighted by Crippen LogP contribution is 2.30. The van der Waals surface area contributed by atoms with Crippen LogP contribution in [0.4, 0.5) is 4.39 Å². The number of aryl methyl sites for hydroxylation is 3. The molecule has 0 aliphatic rings. The minimum Gasteiger partial charge on any atom is -0.330 e. The summed E-state index contributed by atoms with van der Waals surface area (Å²) in [5, 5.41) is 4.47. The first-order chi connectivity index (χ1) is 12.3. The maximum Gasteiger partial charge on any atom is 0.212 e. The second-order valence-corrected chi connectivity index (χ2v) is 8.01. The SMILES string of the molecule is CCc1nn2c(C)c(CCN)c(C)nc2c1S(=O)(=O)c1cccc(F)c1.Cl. The lowest BCUT2D eigenvalue weighted by atomic mass is 10.1. The third-order valence-electron chi connectivity index (χ3n) is 4.46. The Balaban J connectivity index is 0.00000261. The maximum absolute atomic E-state index is 13.6. The summed E-state index contributed by atoms with van der Waals surface area (Å²) in [5.74, 6) is -0.605. The predicted octanol–water partition coefficient (Wildman–Crippen LogP) is 2.80. The molecular weight excluding hydrogens is 391 g/mol. The summed E-state index contributed by atoms with van der Waals surface area (Å²) >= 11 is 0. The van der Waals surface area contributed by atoms with E-state index in [1.54, 1.807) is 4.52 Å². The van der Waals surface area contributed by atoms with Gasteiger partial charge in [-0.1, -0.05) is 13.0 Å². The summed E-state index contributed by atoms with van der Waals surface area (Å²) in [6.45, 7) is 5.99. The first kappa shape index (κ1) is 21.3. The topological polar surface area (TPSA) is 90.3 Å². The maximum atomic E-state index is 13.6. The van der Waals surface area contributed by atoms with Crippen molar-refractivity contribution in [3.63, 3.8) is 0 Å². The lowest BCUT2D eigenvalue weighted by Gasteiger charge is -2.10. The van der Waals surface area contributed by atoms with Crippen molar-refractivity contribution in [2.24, 2.45) is 5.73 Å². The van der Waals surface area contributed by atoms with E-state index in [-0.39, 0.29) is 27.8 Å². The average molecular weight is 413 g/mol. The molecule has 0 atom stereocenters. The fourth-order valence-corrected chi connectivity index (χ4v) is 4.78. The predicted molar refractivity (Wildman–Crippen MR) is 104 cm³/mol. The molecule has 3 aromatic rings. The van der Waals surface area contributed by atoms with Crippen molar-refractivity contribution in [3.8, 4) is 0 Å². The molecule has 0 amide bonds. The second-order valence-electron chi connectivity index (χ2n) is 6.13. The lowest BCUT2D eigenvalue weighted by Crippen LogP contribution is -2.11. The van der Waals surface area contributed by atoms with E-state index >= 15 is 0 Å². The monoisotopic (exact) mass is 412 g/mol. The number of rotatable bonds is 5. The van der Waals surface area contributed by atoms with Crippen molar-refractivity contribution in [2.75, 3.05) is 6.54 Å². The molecule has 3 rings (SSSR count). The zero-order chi connectivity index (χ0) is 19.1. The Morgan fingerprint density at radius 1 is 1.26 bits per heavy atom. The Kier molecular flexibility index (Phi) is 6.24. The Morgan fingerprint density at radius 3 is 2.56 bits per heavy atom.